The molecule has 12 nitrogen and oxygen atoms in total. The zero-order chi connectivity index (χ0) is 40.3. The van der Waals surface area contributed by atoms with Crippen molar-refractivity contribution in [3.8, 4) is 0 Å². The van der Waals surface area contributed by atoms with Crippen LogP contribution in [0.3, 0.4) is 0 Å². The number of carboxylic acids is 1. The molecule has 0 radical (unpaired) electrons. The zero-order valence-electron chi connectivity index (χ0n) is 29.5. The number of carbonyl (C=O) groups is 2. The quantitative estimate of drug-likeness (QED) is 0.0403. The number of benzene rings is 3. The third-order valence-corrected chi connectivity index (χ3v) is 7.40. The van der Waals surface area contributed by atoms with Gasteiger partial charge in [0.2, 0.25) is 5.78 Å². The van der Waals surface area contributed by atoms with Gasteiger partial charge in [0.05, 0.1) is 27.5 Å². The smallest absolute Gasteiger partial charge is 0.300 e. The Bertz CT molecular complexity index is 1990. The predicted molar refractivity (Wildman–Crippen MR) is 225 cm³/mol. The average Bonchev–Trinajstić information content (AvgIpc) is 3.22. The van der Waals surface area contributed by atoms with Crippen molar-refractivity contribution in [2.24, 2.45) is 16.8 Å². The molecule has 0 aliphatic heterocycles. The number of aliphatic carboxylic acids is 1. The monoisotopic (exact) mass is 844 g/mol. The van der Waals surface area contributed by atoms with Gasteiger partial charge >= 0.3 is 0 Å². The summed E-state index contributed by atoms with van der Waals surface area (Å²) < 4.78 is 0. The van der Waals surface area contributed by atoms with Gasteiger partial charge in [-0.15, -0.1) is 12.4 Å². The van der Waals surface area contributed by atoms with E-state index in [1.54, 1.807) is 85.3 Å². The van der Waals surface area contributed by atoms with Crippen molar-refractivity contribution < 1.29 is 30.2 Å². The van der Waals surface area contributed by atoms with Gasteiger partial charge in [0.1, 0.15) is 11.4 Å². The summed E-state index contributed by atoms with van der Waals surface area (Å²) in [6.45, 7) is 1.08. The highest BCUT2D eigenvalue weighted by atomic mass is 35.5. The van der Waals surface area contributed by atoms with Gasteiger partial charge in [0, 0.05) is 48.8 Å². The van der Waals surface area contributed by atoms with Crippen LogP contribution in [0.5, 0.6) is 0 Å². The standard InChI is InChI=1S/C12H9ClN2O.C12H11ClN2.C12H8ClNO.C2H4O2.CH4O.CH4.ClH.H3NO/c13-10-6-2-1-5-9(10)12(15-16)11-7-3-4-8-14-11;13-10-6-2-1-5-9(10)12(14)11-7-3-4-8-15-11;13-10-6-2-1-5-9(10)12(15)11-7-3-4-8-14-11;1-2(3)4;1-2;;;1-2/h1-8,16H;1-8,12H,14H2;1-8H;1H3,(H,3,4);2H,1H3;1H4;1H;2H,1H2/b15-12+;;;;;;;. The van der Waals surface area contributed by atoms with Crippen molar-refractivity contribution in [1.29, 1.82) is 0 Å². The number of aromatic nitrogens is 3. The molecular weight excluding hydrogens is 802 g/mol. The molecule has 3 aromatic heterocycles. The number of oxime groups is 1. The Balaban J connectivity index is 0. The highest BCUT2D eigenvalue weighted by Crippen LogP contribution is 2.25. The van der Waals surface area contributed by atoms with Gasteiger partial charge < -0.3 is 26.4 Å². The molecule has 1 unspecified atom stereocenters. The van der Waals surface area contributed by atoms with Crippen LogP contribution in [-0.2, 0) is 4.79 Å². The molecule has 6 aromatic rings. The van der Waals surface area contributed by atoms with Crippen LogP contribution < -0.4 is 11.6 Å². The van der Waals surface area contributed by atoms with Gasteiger partial charge in [0.25, 0.3) is 5.97 Å². The molecule has 0 saturated carbocycles. The van der Waals surface area contributed by atoms with Crippen LogP contribution in [0.1, 0.15) is 59.0 Å². The first-order valence-electron chi connectivity index (χ1n) is 15.5. The summed E-state index contributed by atoms with van der Waals surface area (Å²) in [5.74, 6) is 2.52. The molecule has 0 bridgehead atoms. The fourth-order valence-electron chi connectivity index (χ4n) is 4.13. The fourth-order valence-corrected chi connectivity index (χ4v) is 4.83. The van der Waals surface area contributed by atoms with Gasteiger partial charge in [-0.3, -0.25) is 24.5 Å². The Kier molecular flexibility index (Phi) is 29.2. The second kappa shape index (κ2) is 31.0. The Morgan fingerprint density at radius 1 is 0.625 bits per heavy atom. The molecule has 56 heavy (non-hydrogen) atoms. The second-order valence-electron chi connectivity index (χ2n) is 9.94. The van der Waals surface area contributed by atoms with E-state index in [1.165, 1.54) is 0 Å². The lowest BCUT2D eigenvalue weighted by Gasteiger charge is -2.12. The van der Waals surface area contributed by atoms with Crippen LogP contribution in [0.4, 0.5) is 0 Å². The number of carboxylic acid groups (broad SMARTS) is 1. The van der Waals surface area contributed by atoms with E-state index in [0.717, 1.165) is 25.3 Å². The van der Waals surface area contributed by atoms with E-state index in [9.17, 15) is 4.79 Å². The lowest BCUT2D eigenvalue weighted by molar-refractivity contribution is -0.134. The van der Waals surface area contributed by atoms with Gasteiger partial charge in [-0.05, 0) is 66.2 Å². The number of pyridine rings is 3. The van der Waals surface area contributed by atoms with Gasteiger partial charge in [-0.25, -0.2) is 5.90 Å². The summed E-state index contributed by atoms with van der Waals surface area (Å²) in [5.41, 5.74) is 10.3. The third kappa shape index (κ3) is 18.4. The number of ketones is 1. The van der Waals surface area contributed by atoms with Crippen molar-refractivity contribution in [2.45, 2.75) is 20.4 Å². The van der Waals surface area contributed by atoms with E-state index in [0.29, 0.717) is 43.3 Å². The average molecular weight is 847 g/mol. The minimum absolute atomic E-state index is 0. The summed E-state index contributed by atoms with van der Waals surface area (Å²) in [4.78, 5) is 33.2. The topological polar surface area (TPSA) is 218 Å². The number of carbonyl (C=O) groups excluding carboxylic acids is 1. The summed E-state index contributed by atoms with van der Waals surface area (Å²) >= 11 is 18.0. The van der Waals surface area contributed by atoms with Crippen molar-refractivity contribution >= 4 is 64.7 Å². The van der Waals surface area contributed by atoms with Gasteiger partial charge in [0.15, 0.2) is 0 Å². The van der Waals surface area contributed by atoms with E-state index < -0.39 is 5.97 Å². The predicted octanol–water partition coefficient (Wildman–Crippen LogP) is 8.80. The maximum atomic E-state index is 11.9. The van der Waals surface area contributed by atoms with Crippen molar-refractivity contribution in [2.75, 3.05) is 7.11 Å². The largest absolute Gasteiger partial charge is 0.481 e. The zero-order valence-corrected chi connectivity index (χ0v) is 32.6. The molecule has 0 fully saturated rings. The van der Waals surface area contributed by atoms with E-state index in [1.807, 2.05) is 60.7 Å². The second-order valence-corrected chi connectivity index (χ2v) is 11.2. The van der Waals surface area contributed by atoms with Gasteiger partial charge in [-0.2, -0.15) is 0 Å². The molecular formula is C40H44Cl4N6O6. The van der Waals surface area contributed by atoms with Crippen LogP contribution >= 0.6 is 47.2 Å². The first-order valence-corrected chi connectivity index (χ1v) is 16.7. The summed E-state index contributed by atoms with van der Waals surface area (Å²) in [6.07, 6.45) is 4.95. The molecule has 0 saturated heterocycles. The Hall–Kier alpha value is -5.28. The molecule has 1 atom stereocenters. The number of aliphatic hydroxyl groups excluding tert-OH is 1. The van der Waals surface area contributed by atoms with Gasteiger partial charge in [-0.1, -0.05) is 114 Å². The molecule has 16 heteroatoms. The SMILES string of the molecule is C.CC(=O)O.CO.Cl.NC(c1ccccn1)c1ccccc1Cl.NO.O/N=C(/c1ccccn1)c1ccccc1Cl.O=C(c1ccccn1)c1ccccc1Cl. The third-order valence-electron chi connectivity index (χ3n) is 6.40. The van der Waals surface area contributed by atoms with E-state index in [-0.39, 0.29) is 31.7 Å². The number of halogens is 4. The van der Waals surface area contributed by atoms with Crippen molar-refractivity contribution in [3.63, 3.8) is 0 Å². The molecule has 0 aliphatic rings. The van der Waals surface area contributed by atoms with E-state index in [4.69, 9.17) is 66.0 Å². The number of aliphatic hydroxyl groups is 1. The Morgan fingerprint density at radius 3 is 1.43 bits per heavy atom. The summed E-state index contributed by atoms with van der Waals surface area (Å²) in [6, 6.07) is 37.7. The Morgan fingerprint density at radius 2 is 1.02 bits per heavy atom. The first-order chi connectivity index (χ1) is 26.1. The first kappa shape index (κ1) is 52.8. The summed E-state index contributed by atoms with van der Waals surface area (Å²) in [7, 11) is 1.00. The van der Waals surface area contributed by atoms with Crippen LogP contribution in [0.25, 0.3) is 0 Å². The van der Waals surface area contributed by atoms with Crippen molar-refractivity contribution in [3.05, 3.63) is 195 Å². The molecule has 6 rings (SSSR count). The molecule has 3 heterocycles. The minimum atomic E-state index is -0.833. The number of rotatable bonds is 6. The fraction of sp³-hybridized carbons (Fsp3) is 0.100. The number of hydrogen-bond acceptors (Lipinski definition) is 11. The lowest BCUT2D eigenvalue weighted by Crippen LogP contribution is -2.13. The van der Waals surface area contributed by atoms with Crippen LogP contribution in [0.15, 0.2) is 151 Å². The normalized spacial score (nSPS) is 9.91. The lowest BCUT2D eigenvalue weighted by atomic mass is 10.0. The molecule has 0 amide bonds. The van der Waals surface area contributed by atoms with Crippen LogP contribution in [0, 0.1) is 0 Å². The van der Waals surface area contributed by atoms with Crippen LogP contribution in [-0.4, -0.2) is 60.2 Å². The van der Waals surface area contributed by atoms with E-state index in [2.05, 4.69) is 26.0 Å². The molecule has 8 N–H and O–H groups in total. The highest BCUT2D eigenvalue weighted by Gasteiger charge is 2.14. The maximum Gasteiger partial charge on any atom is 0.300 e. The highest BCUT2D eigenvalue weighted by molar-refractivity contribution is 6.35. The molecule has 0 spiro atoms. The molecule has 3 aromatic carbocycles. The molecule has 298 valence electrons. The maximum absolute atomic E-state index is 11.9. The minimum Gasteiger partial charge on any atom is -0.481 e. The Labute approximate surface area is 347 Å². The van der Waals surface area contributed by atoms with Crippen molar-refractivity contribution in [1.82, 2.24) is 15.0 Å². The number of nitrogens with two attached hydrogens (primary N) is 2. The number of nitrogens with zero attached hydrogens (tertiary/aromatic N) is 4. The number of hydrogen-bond donors (Lipinski definition) is 6. The summed E-state index contributed by atoms with van der Waals surface area (Å²) in [5, 5.41) is 34.9. The van der Waals surface area contributed by atoms with E-state index >= 15 is 0 Å². The van der Waals surface area contributed by atoms with Crippen LogP contribution in [0.2, 0.25) is 15.1 Å². The molecule has 0 aliphatic carbocycles.